The third-order valence-electron chi connectivity index (χ3n) is 4.05. The fourth-order valence-corrected chi connectivity index (χ4v) is 2.83. The molecule has 1 aromatic carbocycles. The molecule has 114 valence electrons. The molecule has 0 aliphatic heterocycles. The average Bonchev–Trinajstić information content (AvgIpc) is 2.50. The zero-order valence-corrected chi connectivity index (χ0v) is 13.8. The predicted octanol–water partition coefficient (Wildman–Crippen LogP) is 5.65. The second kappa shape index (κ2) is 10.9. The summed E-state index contributed by atoms with van der Waals surface area (Å²) < 4.78 is 0. The van der Waals surface area contributed by atoms with Crippen LogP contribution in [0.5, 0.6) is 0 Å². The molecule has 1 nitrogen and oxygen atoms in total. The zero-order valence-electron chi connectivity index (χ0n) is 13.8. The number of benzene rings is 1. The lowest BCUT2D eigenvalue weighted by Gasteiger charge is -2.21. The quantitative estimate of drug-likeness (QED) is 0.514. The number of nitrogens with one attached hydrogen (secondary N) is 1. The van der Waals surface area contributed by atoms with Gasteiger partial charge in [0.25, 0.3) is 0 Å². The molecule has 0 bridgehead atoms. The van der Waals surface area contributed by atoms with Crippen LogP contribution >= 0.6 is 0 Å². The van der Waals surface area contributed by atoms with Gasteiger partial charge in [-0.3, -0.25) is 0 Å². The van der Waals surface area contributed by atoms with Crippen LogP contribution in [-0.4, -0.2) is 6.54 Å². The Morgan fingerprint density at radius 1 is 0.900 bits per heavy atom. The van der Waals surface area contributed by atoms with Crippen LogP contribution in [0.2, 0.25) is 0 Å². The van der Waals surface area contributed by atoms with Crippen molar-refractivity contribution in [2.24, 2.45) is 0 Å². The minimum absolute atomic E-state index is 0.549. The number of hydrogen-bond donors (Lipinski definition) is 1. The number of unbranched alkanes of at least 4 members (excludes halogenated alkanes) is 4. The lowest BCUT2D eigenvalue weighted by atomic mass is 9.94. The summed E-state index contributed by atoms with van der Waals surface area (Å²) in [7, 11) is 0. The summed E-state index contributed by atoms with van der Waals surface area (Å²) in [6, 6.07) is 9.51. The lowest BCUT2D eigenvalue weighted by molar-refractivity contribution is 0.466. The zero-order chi connectivity index (χ0) is 14.6. The molecule has 0 aromatic heterocycles. The van der Waals surface area contributed by atoms with E-state index in [0.29, 0.717) is 6.04 Å². The highest BCUT2D eigenvalue weighted by Crippen LogP contribution is 2.24. The van der Waals surface area contributed by atoms with E-state index in [1.54, 1.807) is 0 Å². The van der Waals surface area contributed by atoms with E-state index in [-0.39, 0.29) is 0 Å². The van der Waals surface area contributed by atoms with Gasteiger partial charge in [-0.1, -0.05) is 77.1 Å². The van der Waals surface area contributed by atoms with Crippen molar-refractivity contribution in [1.82, 2.24) is 5.32 Å². The number of hydrogen-bond acceptors (Lipinski definition) is 1. The van der Waals surface area contributed by atoms with Crippen molar-refractivity contribution in [3.63, 3.8) is 0 Å². The summed E-state index contributed by atoms with van der Waals surface area (Å²) in [5, 5.41) is 3.75. The van der Waals surface area contributed by atoms with Gasteiger partial charge in [-0.25, -0.2) is 0 Å². The highest BCUT2D eigenvalue weighted by Gasteiger charge is 2.13. The minimum atomic E-state index is 0.549. The molecule has 20 heavy (non-hydrogen) atoms. The van der Waals surface area contributed by atoms with Gasteiger partial charge in [-0.05, 0) is 36.9 Å². The summed E-state index contributed by atoms with van der Waals surface area (Å²) in [5.74, 6) is 0. The Morgan fingerprint density at radius 2 is 1.65 bits per heavy atom. The van der Waals surface area contributed by atoms with Crippen LogP contribution in [-0.2, 0) is 6.42 Å². The SMILES string of the molecule is CCCCCCCC(NCCC)c1ccccc1CC. The summed E-state index contributed by atoms with van der Waals surface area (Å²) in [4.78, 5) is 0. The smallest absolute Gasteiger partial charge is 0.0322 e. The monoisotopic (exact) mass is 275 g/mol. The molecule has 0 heterocycles. The van der Waals surface area contributed by atoms with Gasteiger partial charge in [-0.2, -0.15) is 0 Å². The molecule has 0 amide bonds. The van der Waals surface area contributed by atoms with Gasteiger partial charge in [0.15, 0.2) is 0 Å². The van der Waals surface area contributed by atoms with Crippen molar-refractivity contribution in [3.8, 4) is 0 Å². The Bertz CT molecular complexity index is 345. The van der Waals surface area contributed by atoms with Crippen LogP contribution in [0.4, 0.5) is 0 Å². The van der Waals surface area contributed by atoms with E-state index < -0.39 is 0 Å². The summed E-state index contributed by atoms with van der Waals surface area (Å²) >= 11 is 0. The molecule has 0 fully saturated rings. The summed E-state index contributed by atoms with van der Waals surface area (Å²) in [6.07, 6.45) is 10.5. The number of rotatable bonds is 11. The van der Waals surface area contributed by atoms with E-state index in [1.807, 2.05) is 0 Å². The van der Waals surface area contributed by atoms with Crippen molar-refractivity contribution in [2.45, 2.75) is 78.2 Å². The van der Waals surface area contributed by atoms with E-state index in [2.05, 4.69) is 50.4 Å². The van der Waals surface area contributed by atoms with E-state index in [4.69, 9.17) is 0 Å². The maximum atomic E-state index is 3.75. The molecule has 0 saturated carbocycles. The van der Waals surface area contributed by atoms with Gasteiger partial charge >= 0.3 is 0 Å². The van der Waals surface area contributed by atoms with Crippen LogP contribution in [0.1, 0.15) is 82.9 Å². The van der Waals surface area contributed by atoms with Crippen LogP contribution in [0, 0.1) is 0 Å². The van der Waals surface area contributed by atoms with Crippen molar-refractivity contribution in [2.75, 3.05) is 6.54 Å². The predicted molar refractivity (Wildman–Crippen MR) is 90.2 cm³/mol. The van der Waals surface area contributed by atoms with Crippen LogP contribution in [0.3, 0.4) is 0 Å². The molecule has 0 saturated heterocycles. The number of aryl methyl sites for hydroxylation is 1. The standard InChI is InChI=1S/C19H33N/c1-4-7-8-9-10-15-19(20-16-5-2)18-14-12-11-13-17(18)6-3/h11-14,19-20H,4-10,15-16H2,1-3H3. The fourth-order valence-electron chi connectivity index (χ4n) is 2.83. The maximum absolute atomic E-state index is 3.75. The first kappa shape index (κ1) is 17.2. The van der Waals surface area contributed by atoms with E-state index in [9.17, 15) is 0 Å². The molecule has 1 atom stereocenters. The molecular formula is C19H33N. The molecule has 0 aliphatic rings. The Kier molecular flexibility index (Phi) is 9.40. The Balaban J connectivity index is 2.58. The van der Waals surface area contributed by atoms with Crippen molar-refractivity contribution in [1.29, 1.82) is 0 Å². The molecule has 1 N–H and O–H groups in total. The van der Waals surface area contributed by atoms with Crippen molar-refractivity contribution >= 4 is 0 Å². The largest absolute Gasteiger partial charge is 0.310 e. The Hall–Kier alpha value is -0.820. The van der Waals surface area contributed by atoms with Crippen molar-refractivity contribution in [3.05, 3.63) is 35.4 Å². The Labute approximate surface area is 126 Å². The third kappa shape index (κ3) is 6.09. The first-order chi connectivity index (χ1) is 9.83. The molecule has 0 aliphatic carbocycles. The van der Waals surface area contributed by atoms with E-state index >= 15 is 0 Å². The third-order valence-corrected chi connectivity index (χ3v) is 4.05. The second-order valence-corrected chi connectivity index (χ2v) is 5.76. The molecular weight excluding hydrogens is 242 g/mol. The highest BCUT2D eigenvalue weighted by atomic mass is 14.9. The van der Waals surface area contributed by atoms with Crippen molar-refractivity contribution < 1.29 is 0 Å². The van der Waals surface area contributed by atoms with Crippen LogP contribution < -0.4 is 5.32 Å². The molecule has 1 rings (SSSR count). The van der Waals surface area contributed by atoms with Crippen LogP contribution in [0.15, 0.2) is 24.3 Å². The van der Waals surface area contributed by atoms with E-state index in [0.717, 1.165) is 13.0 Å². The van der Waals surface area contributed by atoms with Gasteiger partial charge in [0.2, 0.25) is 0 Å². The normalized spacial score (nSPS) is 12.6. The molecule has 1 unspecified atom stereocenters. The molecule has 0 radical (unpaired) electrons. The summed E-state index contributed by atoms with van der Waals surface area (Å²) in [5.41, 5.74) is 3.04. The summed E-state index contributed by atoms with van der Waals surface area (Å²) in [6.45, 7) is 7.91. The van der Waals surface area contributed by atoms with Gasteiger partial charge in [0.05, 0.1) is 0 Å². The van der Waals surface area contributed by atoms with Gasteiger partial charge in [0.1, 0.15) is 0 Å². The average molecular weight is 275 g/mol. The first-order valence-corrected chi connectivity index (χ1v) is 8.64. The van der Waals surface area contributed by atoms with E-state index in [1.165, 1.54) is 56.1 Å². The Morgan fingerprint density at radius 3 is 2.35 bits per heavy atom. The van der Waals surface area contributed by atoms with Gasteiger partial charge in [0, 0.05) is 6.04 Å². The molecule has 1 aromatic rings. The topological polar surface area (TPSA) is 12.0 Å². The van der Waals surface area contributed by atoms with Gasteiger partial charge < -0.3 is 5.32 Å². The highest BCUT2D eigenvalue weighted by molar-refractivity contribution is 5.30. The second-order valence-electron chi connectivity index (χ2n) is 5.76. The van der Waals surface area contributed by atoms with Gasteiger partial charge in [-0.15, -0.1) is 0 Å². The maximum Gasteiger partial charge on any atom is 0.0322 e. The first-order valence-electron chi connectivity index (χ1n) is 8.64. The molecule has 1 heteroatoms. The fraction of sp³-hybridized carbons (Fsp3) is 0.684. The minimum Gasteiger partial charge on any atom is -0.310 e. The molecule has 0 spiro atoms. The lowest BCUT2D eigenvalue weighted by Crippen LogP contribution is -2.23. The van der Waals surface area contributed by atoms with Crippen LogP contribution in [0.25, 0.3) is 0 Å².